The van der Waals surface area contributed by atoms with E-state index in [4.69, 9.17) is 19.3 Å². The molecule has 8 heteroatoms. The number of hydrogen-bond acceptors (Lipinski definition) is 6. The number of aromatic nitrogens is 1. The molecule has 156 valence electrons. The van der Waals surface area contributed by atoms with Crippen molar-refractivity contribution >= 4 is 17.3 Å². The van der Waals surface area contributed by atoms with E-state index < -0.39 is 11.6 Å². The summed E-state index contributed by atoms with van der Waals surface area (Å²) in [6.07, 6.45) is 0. The normalized spacial score (nSPS) is 14.9. The van der Waals surface area contributed by atoms with Gasteiger partial charge >= 0.3 is 5.97 Å². The summed E-state index contributed by atoms with van der Waals surface area (Å²) >= 11 is 1.45. The highest BCUT2D eigenvalue weighted by molar-refractivity contribution is 7.13. The van der Waals surface area contributed by atoms with Gasteiger partial charge in [-0.1, -0.05) is 24.3 Å². The van der Waals surface area contributed by atoms with Crippen molar-refractivity contribution in [2.45, 2.75) is 19.1 Å². The maximum Gasteiger partial charge on any atom is 0.329 e. The highest BCUT2D eigenvalue weighted by Crippen LogP contribution is 2.35. The van der Waals surface area contributed by atoms with Crippen LogP contribution in [-0.2, 0) is 26.5 Å². The number of halogens is 1. The Labute approximate surface area is 176 Å². The van der Waals surface area contributed by atoms with E-state index in [0.717, 1.165) is 21.8 Å². The quantitative estimate of drug-likeness (QED) is 0.579. The van der Waals surface area contributed by atoms with Crippen molar-refractivity contribution in [3.8, 4) is 16.3 Å². The first kappa shape index (κ1) is 20.5. The molecule has 1 saturated heterocycles. The molecule has 0 radical (unpaired) electrons. The van der Waals surface area contributed by atoms with Gasteiger partial charge in [-0.3, -0.25) is 0 Å². The van der Waals surface area contributed by atoms with Crippen molar-refractivity contribution in [2.24, 2.45) is 0 Å². The molecule has 0 spiro atoms. The zero-order valence-corrected chi connectivity index (χ0v) is 17.1. The Morgan fingerprint density at radius 3 is 2.70 bits per heavy atom. The maximum atomic E-state index is 13.8. The molecule has 1 N–H and O–H groups in total. The van der Waals surface area contributed by atoms with Gasteiger partial charge in [0.25, 0.3) is 0 Å². The van der Waals surface area contributed by atoms with Crippen LogP contribution in [0.5, 0.6) is 5.75 Å². The van der Waals surface area contributed by atoms with Gasteiger partial charge in [0.05, 0.1) is 18.9 Å². The number of rotatable bonds is 8. The molecule has 1 fully saturated rings. The van der Waals surface area contributed by atoms with Crippen molar-refractivity contribution in [3.63, 3.8) is 0 Å². The number of hydrogen-bond donors (Lipinski definition) is 1. The fraction of sp³-hybridized carbons (Fsp3) is 0.273. The van der Waals surface area contributed by atoms with Crippen LogP contribution in [0.15, 0.2) is 47.8 Å². The predicted octanol–water partition coefficient (Wildman–Crippen LogP) is 4.16. The lowest BCUT2D eigenvalue weighted by atomic mass is 9.91. The van der Waals surface area contributed by atoms with Crippen molar-refractivity contribution in [3.05, 3.63) is 70.5 Å². The molecule has 1 aliphatic heterocycles. The first-order chi connectivity index (χ1) is 14.5. The van der Waals surface area contributed by atoms with Crippen LogP contribution in [0.4, 0.5) is 4.39 Å². The Kier molecular flexibility index (Phi) is 5.80. The number of carboxylic acids is 1. The van der Waals surface area contributed by atoms with E-state index >= 15 is 0 Å². The molecule has 0 atom stereocenters. The van der Waals surface area contributed by atoms with Crippen LogP contribution in [0.2, 0.25) is 0 Å². The van der Waals surface area contributed by atoms with Crippen molar-refractivity contribution in [2.75, 3.05) is 19.8 Å². The number of aliphatic carboxylic acids is 1. The van der Waals surface area contributed by atoms with E-state index in [1.165, 1.54) is 17.4 Å². The van der Waals surface area contributed by atoms with E-state index in [9.17, 15) is 9.18 Å². The van der Waals surface area contributed by atoms with E-state index in [0.29, 0.717) is 24.5 Å². The molecule has 0 bridgehead atoms. The molecule has 0 saturated carbocycles. The third-order valence-electron chi connectivity index (χ3n) is 4.96. The highest BCUT2D eigenvalue weighted by atomic mass is 32.1. The van der Waals surface area contributed by atoms with Crippen LogP contribution in [-0.4, -0.2) is 35.9 Å². The lowest BCUT2D eigenvalue weighted by Gasteiger charge is -2.41. The third kappa shape index (κ3) is 4.21. The number of benzene rings is 2. The van der Waals surface area contributed by atoms with Crippen molar-refractivity contribution < 1.29 is 28.5 Å². The Morgan fingerprint density at radius 2 is 2.03 bits per heavy atom. The molecule has 4 rings (SSSR count). The van der Waals surface area contributed by atoms with Gasteiger partial charge in [-0.2, -0.15) is 0 Å². The Balaban J connectivity index is 1.40. The summed E-state index contributed by atoms with van der Waals surface area (Å²) in [5, 5.41) is 11.5. The second-order valence-corrected chi connectivity index (χ2v) is 7.90. The Morgan fingerprint density at radius 1 is 1.27 bits per heavy atom. The average molecular weight is 429 g/mol. The van der Waals surface area contributed by atoms with Gasteiger partial charge in [0.15, 0.2) is 0 Å². The topological polar surface area (TPSA) is 77.9 Å². The minimum absolute atomic E-state index is 0.248. The summed E-state index contributed by atoms with van der Waals surface area (Å²) in [6, 6.07) is 12.3. The Bertz CT molecular complexity index is 1050. The van der Waals surface area contributed by atoms with Crippen LogP contribution >= 0.6 is 11.3 Å². The summed E-state index contributed by atoms with van der Waals surface area (Å²) in [6.45, 7) is 2.29. The summed E-state index contributed by atoms with van der Waals surface area (Å²) in [7, 11) is 0. The lowest BCUT2D eigenvalue weighted by Crippen LogP contribution is -2.49. The zero-order valence-electron chi connectivity index (χ0n) is 16.3. The van der Waals surface area contributed by atoms with Gasteiger partial charge in [0.1, 0.15) is 35.4 Å². The fourth-order valence-electron chi connectivity index (χ4n) is 3.17. The van der Waals surface area contributed by atoms with Gasteiger partial charge in [-0.15, -0.1) is 11.3 Å². The summed E-state index contributed by atoms with van der Waals surface area (Å²) in [4.78, 5) is 15.4. The predicted molar refractivity (Wildman–Crippen MR) is 109 cm³/mol. The van der Waals surface area contributed by atoms with E-state index in [1.54, 1.807) is 13.0 Å². The van der Waals surface area contributed by atoms with Crippen molar-refractivity contribution in [1.82, 2.24) is 4.98 Å². The van der Waals surface area contributed by atoms with Crippen LogP contribution in [0, 0.1) is 12.7 Å². The fourth-order valence-corrected chi connectivity index (χ4v) is 4.06. The first-order valence-corrected chi connectivity index (χ1v) is 10.2. The maximum absolute atomic E-state index is 13.8. The molecule has 1 aromatic heterocycles. The first-order valence-electron chi connectivity index (χ1n) is 9.33. The van der Waals surface area contributed by atoms with E-state index in [-0.39, 0.29) is 19.0 Å². The summed E-state index contributed by atoms with van der Waals surface area (Å²) in [5.74, 6) is -0.608. The number of carbonyl (C=O) groups is 1. The standard InChI is InChI=1S/C22H20FNO5S/c1-14-18(3-2-4-19(14)23)21-24-16(11-30-21)9-28-17-7-5-15(6-8-17)22(12-27-13-22)29-10-20(25)26/h2-8,11H,9-10,12-13H2,1H3,(H,25,26). The van der Waals surface area contributed by atoms with Crippen LogP contribution in [0.25, 0.3) is 10.6 Å². The third-order valence-corrected chi connectivity index (χ3v) is 5.88. The molecule has 1 aliphatic rings. The van der Waals surface area contributed by atoms with Gasteiger partial charge in [0, 0.05) is 10.9 Å². The second-order valence-electron chi connectivity index (χ2n) is 7.04. The van der Waals surface area contributed by atoms with Crippen LogP contribution < -0.4 is 4.74 Å². The smallest absolute Gasteiger partial charge is 0.329 e. The summed E-state index contributed by atoms with van der Waals surface area (Å²) in [5.41, 5.74) is 2.25. The zero-order chi connectivity index (χ0) is 21.1. The molecule has 30 heavy (non-hydrogen) atoms. The minimum atomic E-state index is -1.02. The molecule has 0 aliphatic carbocycles. The van der Waals surface area contributed by atoms with Crippen molar-refractivity contribution in [1.29, 1.82) is 0 Å². The number of thiazole rings is 1. The number of ether oxygens (including phenoxy) is 3. The van der Waals surface area contributed by atoms with E-state index in [2.05, 4.69) is 4.98 Å². The SMILES string of the molecule is Cc1c(F)cccc1-c1nc(COc2ccc(C3(OCC(=O)O)COC3)cc2)cs1. The minimum Gasteiger partial charge on any atom is -0.487 e. The molecule has 0 unspecified atom stereocenters. The second kappa shape index (κ2) is 8.51. The molecule has 3 aromatic rings. The summed E-state index contributed by atoms with van der Waals surface area (Å²) < 4.78 is 30.4. The van der Waals surface area contributed by atoms with E-state index in [1.807, 2.05) is 35.7 Å². The lowest BCUT2D eigenvalue weighted by molar-refractivity contribution is -0.220. The highest BCUT2D eigenvalue weighted by Gasteiger charge is 2.42. The van der Waals surface area contributed by atoms with Gasteiger partial charge in [0.2, 0.25) is 0 Å². The van der Waals surface area contributed by atoms with Crippen LogP contribution in [0.3, 0.4) is 0 Å². The molecular weight excluding hydrogens is 409 g/mol. The van der Waals surface area contributed by atoms with Gasteiger partial charge in [-0.25, -0.2) is 14.2 Å². The monoisotopic (exact) mass is 429 g/mol. The number of nitrogens with zero attached hydrogens (tertiary/aromatic N) is 1. The Hall–Kier alpha value is -2.81. The average Bonchev–Trinajstić information content (AvgIpc) is 3.17. The van der Waals surface area contributed by atoms with Gasteiger partial charge in [-0.05, 0) is 36.2 Å². The largest absolute Gasteiger partial charge is 0.487 e. The molecule has 6 nitrogen and oxygen atoms in total. The molecular formula is C22H20FNO5S. The molecule has 0 amide bonds. The van der Waals surface area contributed by atoms with Crippen LogP contribution in [0.1, 0.15) is 16.8 Å². The van der Waals surface area contributed by atoms with Gasteiger partial charge < -0.3 is 19.3 Å². The molecule has 2 heterocycles. The number of carboxylic acid groups (broad SMARTS) is 1. The molecule has 2 aromatic carbocycles.